The summed E-state index contributed by atoms with van der Waals surface area (Å²) in [5.41, 5.74) is -0.0327. The monoisotopic (exact) mass is 543 g/mol. The first-order valence-electron chi connectivity index (χ1n) is 12.9. The molecule has 0 bridgehead atoms. The van der Waals surface area contributed by atoms with Crippen LogP contribution in [0.15, 0.2) is 24.3 Å². The Kier molecular flexibility index (Phi) is 9.25. The average Bonchev–Trinajstić information content (AvgIpc) is 3.47. The topological polar surface area (TPSA) is 168 Å². The van der Waals surface area contributed by atoms with Crippen molar-refractivity contribution in [3.05, 3.63) is 35.7 Å². The van der Waals surface area contributed by atoms with Gasteiger partial charge in [0.2, 0.25) is 11.8 Å². The number of nitrogens with zero attached hydrogens (tertiary/aromatic N) is 4. The summed E-state index contributed by atoms with van der Waals surface area (Å²) in [6, 6.07) is 5.29. The van der Waals surface area contributed by atoms with Crippen molar-refractivity contribution in [2.24, 2.45) is 0 Å². The Morgan fingerprint density at radius 2 is 1.77 bits per heavy atom. The lowest BCUT2D eigenvalue weighted by Gasteiger charge is -2.30. The Morgan fingerprint density at radius 3 is 2.41 bits per heavy atom. The van der Waals surface area contributed by atoms with Gasteiger partial charge in [-0.1, -0.05) is 23.4 Å². The largest absolute Gasteiger partial charge is 0.460 e. The quantitative estimate of drug-likeness (QED) is 0.401. The van der Waals surface area contributed by atoms with Gasteiger partial charge in [0.25, 0.3) is 0 Å². The first-order valence-corrected chi connectivity index (χ1v) is 12.9. The zero-order valence-electron chi connectivity index (χ0n) is 23.2. The molecule has 0 saturated heterocycles. The van der Waals surface area contributed by atoms with Gasteiger partial charge in [0, 0.05) is 18.5 Å². The summed E-state index contributed by atoms with van der Waals surface area (Å²) in [6.07, 6.45) is -0.0265. The molecule has 0 saturated carbocycles. The number of hydrogen-bond donors (Lipinski definition) is 3. The fraction of sp³-hybridized carbons (Fsp3) is 0.577. The molecular formula is C26H37N7O6. The van der Waals surface area contributed by atoms with Gasteiger partial charge in [0.05, 0.1) is 6.54 Å². The maximum absolute atomic E-state index is 14.0. The van der Waals surface area contributed by atoms with Crippen LogP contribution in [-0.4, -0.2) is 67.8 Å². The zero-order chi connectivity index (χ0) is 28.8. The molecule has 2 aromatic rings. The van der Waals surface area contributed by atoms with E-state index in [0.717, 1.165) is 5.56 Å². The normalized spacial score (nSPS) is 15.7. The van der Waals surface area contributed by atoms with Crippen molar-refractivity contribution in [2.75, 3.05) is 4.90 Å². The molecule has 2 atom stereocenters. The third-order valence-corrected chi connectivity index (χ3v) is 5.61. The third kappa shape index (κ3) is 8.76. The second-order valence-electron chi connectivity index (χ2n) is 11.3. The number of benzene rings is 1. The fourth-order valence-corrected chi connectivity index (χ4v) is 4.13. The van der Waals surface area contributed by atoms with Crippen LogP contribution in [0, 0.1) is 0 Å². The molecule has 1 aliphatic heterocycles. The Hall–Kier alpha value is -4.03. The molecule has 13 nitrogen and oxygen atoms in total. The first-order chi connectivity index (χ1) is 18.2. The Balaban J connectivity index is 1.80. The van der Waals surface area contributed by atoms with E-state index in [1.54, 1.807) is 53.7 Å². The lowest BCUT2D eigenvalue weighted by Crippen LogP contribution is -2.55. The minimum absolute atomic E-state index is 0.0275. The van der Waals surface area contributed by atoms with Gasteiger partial charge in [-0.05, 0) is 66.0 Å². The molecule has 0 spiro atoms. The van der Waals surface area contributed by atoms with Crippen molar-refractivity contribution in [2.45, 2.75) is 97.1 Å². The molecule has 3 amide bonds. The van der Waals surface area contributed by atoms with E-state index in [0.29, 0.717) is 11.5 Å². The predicted octanol–water partition coefficient (Wildman–Crippen LogP) is 2.18. The van der Waals surface area contributed by atoms with E-state index in [9.17, 15) is 19.2 Å². The Bertz CT molecular complexity index is 1170. The van der Waals surface area contributed by atoms with Crippen molar-refractivity contribution in [3.8, 4) is 0 Å². The van der Waals surface area contributed by atoms with Crippen molar-refractivity contribution in [1.29, 1.82) is 0 Å². The number of carbonyl (C=O) groups excluding carboxylic acids is 4. The SMILES string of the molecule is CC(C)(C)OC(=O)CCCC(NC(=O)OC(C)(C)C)C(=O)N1c2ccccc2C[C@H]1C(=O)NCc1nn[nH]n1. The molecule has 0 aliphatic carbocycles. The molecule has 1 unspecified atom stereocenters. The van der Waals surface area contributed by atoms with E-state index >= 15 is 0 Å². The van der Waals surface area contributed by atoms with Crippen LogP contribution < -0.4 is 15.5 Å². The van der Waals surface area contributed by atoms with E-state index in [2.05, 4.69) is 31.3 Å². The summed E-state index contributed by atoms with van der Waals surface area (Å²) in [4.78, 5) is 53.5. The smallest absolute Gasteiger partial charge is 0.408 e. The number of esters is 1. The number of anilines is 1. The standard InChI is InChI=1S/C26H37N7O6/c1-25(2,3)38-21(34)13-9-11-17(28-24(37)39-26(4,5)6)23(36)33-18-12-8-7-10-16(18)14-19(33)22(35)27-15-20-29-31-32-30-20/h7-8,10,12,17,19H,9,11,13-15H2,1-6H3,(H,27,35)(H,28,37)(H,29,30,31,32)/t17?,19-/m0/s1. The van der Waals surface area contributed by atoms with Crippen LogP contribution in [0.1, 0.15) is 72.2 Å². The van der Waals surface area contributed by atoms with Crippen LogP contribution in [0.4, 0.5) is 10.5 Å². The molecule has 0 radical (unpaired) electrons. The fourth-order valence-electron chi connectivity index (χ4n) is 4.13. The van der Waals surface area contributed by atoms with Crippen LogP contribution in [-0.2, 0) is 36.8 Å². The molecule has 0 fully saturated rings. The minimum Gasteiger partial charge on any atom is -0.460 e. The van der Waals surface area contributed by atoms with Crippen molar-refractivity contribution in [1.82, 2.24) is 31.3 Å². The number of tetrazole rings is 1. The molecule has 1 aromatic heterocycles. The van der Waals surface area contributed by atoms with Gasteiger partial charge in [-0.25, -0.2) is 4.79 Å². The van der Waals surface area contributed by atoms with E-state index in [4.69, 9.17) is 9.47 Å². The minimum atomic E-state index is -1.05. The van der Waals surface area contributed by atoms with Crippen LogP contribution in [0.3, 0.4) is 0 Å². The maximum atomic E-state index is 14.0. The highest BCUT2D eigenvalue weighted by Gasteiger charge is 2.41. The van der Waals surface area contributed by atoms with Crippen molar-refractivity contribution in [3.63, 3.8) is 0 Å². The average molecular weight is 544 g/mol. The maximum Gasteiger partial charge on any atom is 0.408 e. The number of alkyl carbamates (subject to hydrolysis) is 1. The number of para-hydroxylation sites is 1. The van der Waals surface area contributed by atoms with Gasteiger partial charge in [0.1, 0.15) is 23.3 Å². The number of aromatic amines is 1. The van der Waals surface area contributed by atoms with Crippen LogP contribution in [0.5, 0.6) is 0 Å². The zero-order valence-corrected chi connectivity index (χ0v) is 23.2. The number of amides is 3. The van der Waals surface area contributed by atoms with Gasteiger partial charge in [-0.3, -0.25) is 19.3 Å². The predicted molar refractivity (Wildman–Crippen MR) is 140 cm³/mol. The summed E-state index contributed by atoms with van der Waals surface area (Å²) in [5.74, 6) is -1.01. The lowest BCUT2D eigenvalue weighted by atomic mass is 10.1. The van der Waals surface area contributed by atoms with Gasteiger partial charge in [0.15, 0.2) is 5.82 Å². The summed E-state index contributed by atoms with van der Waals surface area (Å²) >= 11 is 0. The number of fused-ring (bicyclic) bond motifs is 1. The molecule has 3 rings (SSSR count). The number of H-pyrrole nitrogens is 1. The molecule has 39 heavy (non-hydrogen) atoms. The van der Waals surface area contributed by atoms with Crippen LogP contribution in [0.2, 0.25) is 0 Å². The van der Waals surface area contributed by atoms with Gasteiger partial charge < -0.3 is 20.1 Å². The summed E-state index contributed by atoms with van der Waals surface area (Å²) in [5, 5.41) is 18.8. The highest BCUT2D eigenvalue weighted by atomic mass is 16.6. The third-order valence-electron chi connectivity index (χ3n) is 5.61. The Labute approximate surface area is 227 Å². The van der Waals surface area contributed by atoms with Gasteiger partial charge >= 0.3 is 12.1 Å². The molecule has 13 heteroatoms. The van der Waals surface area contributed by atoms with Crippen LogP contribution in [0.25, 0.3) is 0 Å². The lowest BCUT2D eigenvalue weighted by molar-refractivity contribution is -0.155. The van der Waals surface area contributed by atoms with Gasteiger partial charge in [-0.2, -0.15) is 5.21 Å². The number of carbonyl (C=O) groups is 4. The molecule has 212 valence electrons. The van der Waals surface area contributed by atoms with E-state index < -0.39 is 47.2 Å². The molecule has 1 aromatic carbocycles. The second-order valence-corrected chi connectivity index (χ2v) is 11.3. The van der Waals surface area contributed by atoms with Crippen molar-refractivity contribution < 1.29 is 28.7 Å². The number of ether oxygens (including phenoxy) is 2. The number of hydrogen-bond acceptors (Lipinski definition) is 9. The molecule has 1 aliphatic rings. The first kappa shape index (κ1) is 29.5. The van der Waals surface area contributed by atoms with E-state index in [1.807, 2.05) is 12.1 Å². The van der Waals surface area contributed by atoms with E-state index in [1.165, 1.54) is 4.90 Å². The number of rotatable bonds is 9. The summed E-state index contributed by atoms with van der Waals surface area (Å²) < 4.78 is 10.7. The summed E-state index contributed by atoms with van der Waals surface area (Å²) in [6.45, 7) is 10.5. The Morgan fingerprint density at radius 1 is 1.08 bits per heavy atom. The van der Waals surface area contributed by atoms with Crippen LogP contribution >= 0.6 is 0 Å². The highest BCUT2D eigenvalue weighted by molar-refractivity contribution is 6.06. The highest BCUT2D eigenvalue weighted by Crippen LogP contribution is 2.33. The molecule has 3 N–H and O–H groups in total. The van der Waals surface area contributed by atoms with Crippen molar-refractivity contribution >= 4 is 29.6 Å². The van der Waals surface area contributed by atoms with E-state index in [-0.39, 0.29) is 32.2 Å². The number of nitrogens with one attached hydrogen (secondary N) is 3. The van der Waals surface area contributed by atoms with Gasteiger partial charge in [-0.15, -0.1) is 10.2 Å². The molecular weight excluding hydrogens is 506 g/mol. The second kappa shape index (κ2) is 12.2. The molecule has 2 heterocycles. The number of aromatic nitrogens is 4. The summed E-state index contributed by atoms with van der Waals surface area (Å²) in [7, 11) is 0.